The predicted molar refractivity (Wildman–Crippen MR) is 112 cm³/mol. The number of carbonyl (C=O) groups excluding carboxylic acids is 1. The molecule has 0 spiro atoms. The number of imidazole rings is 2. The number of para-hydroxylation sites is 3. The normalized spacial score (nSPS) is 11.1. The molecule has 0 fully saturated rings. The number of aromatic amines is 1. The Morgan fingerprint density at radius 2 is 1.86 bits per heavy atom. The number of carbonyl (C=O) groups is 1. The highest BCUT2D eigenvalue weighted by Crippen LogP contribution is 2.19. The van der Waals surface area contributed by atoms with Crippen LogP contribution in [0.15, 0.2) is 60.8 Å². The Morgan fingerprint density at radius 3 is 2.61 bits per heavy atom. The third-order valence-electron chi connectivity index (χ3n) is 4.78. The Hall–Kier alpha value is -3.19. The number of fused-ring (bicyclic) bond motifs is 1. The zero-order chi connectivity index (χ0) is 19.7. The van der Waals surface area contributed by atoms with Gasteiger partial charge in [0.05, 0.1) is 17.6 Å². The van der Waals surface area contributed by atoms with Crippen LogP contribution >= 0.6 is 12.2 Å². The summed E-state index contributed by atoms with van der Waals surface area (Å²) in [6.07, 6.45) is 1.66. The van der Waals surface area contributed by atoms with Gasteiger partial charge in [-0.15, -0.1) is 0 Å². The fourth-order valence-corrected chi connectivity index (χ4v) is 3.70. The molecule has 142 valence electrons. The highest BCUT2D eigenvalue weighted by atomic mass is 32.1. The zero-order valence-corrected chi connectivity index (χ0v) is 16.6. The summed E-state index contributed by atoms with van der Waals surface area (Å²) in [5.41, 5.74) is 3.37. The number of rotatable bonds is 5. The average Bonchev–Trinajstić information content (AvgIpc) is 3.27. The lowest BCUT2D eigenvalue weighted by atomic mass is 10.3. The molecule has 0 aliphatic heterocycles. The van der Waals surface area contributed by atoms with Gasteiger partial charge in [-0.1, -0.05) is 30.3 Å². The number of hydrogen-bond acceptors (Lipinski definition) is 3. The Morgan fingerprint density at radius 1 is 1.14 bits per heavy atom. The molecule has 0 unspecified atom stereocenters. The Balaban J connectivity index is 1.67. The Kier molecular flexibility index (Phi) is 4.83. The largest absolute Gasteiger partial charge is 0.336 e. The molecule has 0 bridgehead atoms. The van der Waals surface area contributed by atoms with Crippen LogP contribution in [0.2, 0.25) is 0 Å². The van der Waals surface area contributed by atoms with Crippen molar-refractivity contribution < 1.29 is 4.79 Å². The van der Waals surface area contributed by atoms with E-state index in [0.717, 1.165) is 29.1 Å². The van der Waals surface area contributed by atoms with Crippen LogP contribution in [0.4, 0.5) is 0 Å². The maximum Gasteiger partial charge on any atom is 0.272 e. The molecule has 7 heteroatoms. The summed E-state index contributed by atoms with van der Waals surface area (Å²) in [5, 5.41) is 0. The smallest absolute Gasteiger partial charge is 0.272 e. The summed E-state index contributed by atoms with van der Waals surface area (Å²) in [4.78, 5) is 22.6. The minimum Gasteiger partial charge on any atom is -0.336 e. The Labute approximate surface area is 168 Å². The molecule has 2 aromatic carbocycles. The SMILES string of the molecule is CCn1c(CN(C)C(=O)c2c[nH]c(=S)n2-c2ccccc2)nc2ccccc21. The topological polar surface area (TPSA) is 58.9 Å². The minimum atomic E-state index is -0.120. The monoisotopic (exact) mass is 391 g/mol. The van der Waals surface area contributed by atoms with Crippen molar-refractivity contribution in [1.29, 1.82) is 0 Å². The average molecular weight is 392 g/mol. The number of nitrogens with zero attached hydrogens (tertiary/aromatic N) is 4. The van der Waals surface area contributed by atoms with Crippen molar-refractivity contribution in [3.63, 3.8) is 0 Å². The molecule has 0 saturated carbocycles. The van der Waals surface area contributed by atoms with Gasteiger partial charge in [0.25, 0.3) is 5.91 Å². The fraction of sp³-hybridized carbons (Fsp3) is 0.190. The second kappa shape index (κ2) is 7.44. The van der Waals surface area contributed by atoms with E-state index in [2.05, 4.69) is 22.5 Å². The number of benzene rings is 2. The quantitative estimate of drug-likeness (QED) is 0.519. The van der Waals surface area contributed by atoms with Gasteiger partial charge in [-0.3, -0.25) is 9.36 Å². The van der Waals surface area contributed by atoms with Gasteiger partial charge < -0.3 is 14.5 Å². The van der Waals surface area contributed by atoms with Crippen molar-refractivity contribution in [3.05, 3.63) is 77.1 Å². The minimum absolute atomic E-state index is 0.120. The highest BCUT2D eigenvalue weighted by molar-refractivity contribution is 7.71. The summed E-state index contributed by atoms with van der Waals surface area (Å²) in [7, 11) is 1.78. The van der Waals surface area contributed by atoms with E-state index in [1.807, 2.05) is 48.5 Å². The van der Waals surface area contributed by atoms with Crippen molar-refractivity contribution in [2.45, 2.75) is 20.0 Å². The first-order valence-corrected chi connectivity index (χ1v) is 9.56. The maximum atomic E-state index is 13.2. The lowest BCUT2D eigenvalue weighted by Gasteiger charge is -2.18. The molecule has 1 N–H and O–H groups in total. The van der Waals surface area contributed by atoms with E-state index in [9.17, 15) is 4.79 Å². The molecule has 2 aromatic heterocycles. The van der Waals surface area contributed by atoms with E-state index in [4.69, 9.17) is 17.2 Å². The molecular formula is C21H21N5OS. The van der Waals surface area contributed by atoms with Crippen LogP contribution in [0.25, 0.3) is 16.7 Å². The third-order valence-corrected chi connectivity index (χ3v) is 5.09. The van der Waals surface area contributed by atoms with Crippen LogP contribution in [0.1, 0.15) is 23.2 Å². The second-order valence-electron chi connectivity index (χ2n) is 6.57. The molecule has 0 atom stereocenters. The van der Waals surface area contributed by atoms with Crippen LogP contribution in [-0.4, -0.2) is 37.0 Å². The highest BCUT2D eigenvalue weighted by Gasteiger charge is 2.20. The predicted octanol–water partition coefficient (Wildman–Crippen LogP) is 4.18. The van der Waals surface area contributed by atoms with Crippen molar-refractivity contribution in [3.8, 4) is 5.69 Å². The van der Waals surface area contributed by atoms with Gasteiger partial charge in [0.1, 0.15) is 11.5 Å². The van der Waals surface area contributed by atoms with Crippen molar-refractivity contribution in [1.82, 2.24) is 24.0 Å². The first-order valence-electron chi connectivity index (χ1n) is 9.15. The summed E-state index contributed by atoms with van der Waals surface area (Å²) in [5.74, 6) is 0.742. The zero-order valence-electron chi connectivity index (χ0n) is 15.8. The number of hydrogen-bond donors (Lipinski definition) is 1. The molecular weight excluding hydrogens is 370 g/mol. The molecule has 4 aromatic rings. The summed E-state index contributed by atoms with van der Waals surface area (Å²) in [6, 6.07) is 17.7. The van der Waals surface area contributed by atoms with Crippen molar-refractivity contribution in [2.75, 3.05) is 7.05 Å². The number of nitrogens with one attached hydrogen (secondary N) is 1. The van der Waals surface area contributed by atoms with E-state index in [1.165, 1.54) is 0 Å². The standard InChI is InChI=1S/C21H21N5OS/c1-3-25-17-12-8-7-11-16(17)23-19(25)14-24(2)20(27)18-13-22-21(28)26(18)15-9-5-4-6-10-15/h4-13H,3,14H2,1-2H3,(H,22,28). The van der Waals surface area contributed by atoms with Gasteiger partial charge in [0.2, 0.25) is 0 Å². The van der Waals surface area contributed by atoms with E-state index >= 15 is 0 Å². The maximum absolute atomic E-state index is 13.2. The third kappa shape index (κ3) is 3.14. The van der Waals surface area contributed by atoms with E-state index in [1.54, 1.807) is 22.7 Å². The molecule has 0 saturated heterocycles. The van der Waals surface area contributed by atoms with Gasteiger partial charge in [-0.2, -0.15) is 0 Å². The molecule has 0 radical (unpaired) electrons. The van der Waals surface area contributed by atoms with Crippen LogP contribution in [0.3, 0.4) is 0 Å². The van der Waals surface area contributed by atoms with Crippen molar-refractivity contribution >= 4 is 29.2 Å². The number of H-pyrrole nitrogens is 1. The van der Waals surface area contributed by atoms with Gasteiger partial charge >= 0.3 is 0 Å². The molecule has 2 heterocycles. The van der Waals surface area contributed by atoms with Crippen LogP contribution in [0, 0.1) is 4.77 Å². The lowest BCUT2D eigenvalue weighted by molar-refractivity contribution is 0.0772. The van der Waals surface area contributed by atoms with Gasteiger partial charge in [0, 0.05) is 25.5 Å². The number of aryl methyl sites for hydroxylation is 1. The van der Waals surface area contributed by atoms with E-state index < -0.39 is 0 Å². The van der Waals surface area contributed by atoms with Crippen LogP contribution < -0.4 is 0 Å². The van der Waals surface area contributed by atoms with E-state index in [-0.39, 0.29) is 5.91 Å². The van der Waals surface area contributed by atoms with Gasteiger partial charge in [-0.25, -0.2) is 4.98 Å². The molecule has 6 nitrogen and oxygen atoms in total. The number of aromatic nitrogens is 4. The van der Waals surface area contributed by atoms with Crippen LogP contribution in [0.5, 0.6) is 0 Å². The molecule has 4 rings (SSSR count). The van der Waals surface area contributed by atoms with Crippen molar-refractivity contribution in [2.24, 2.45) is 0 Å². The number of amides is 1. The second-order valence-corrected chi connectivity index (χ2v) is 6.96. The first kappa shape index (κ1) is 18.2. The van der Waals surface area contributed by atoms with Crippen LogP contribution in [-0.2, 0) is 13.1 Å². The lowest BCUT2D eigenvalue weighted by Crippen LogP contribution is -2.29. The Bertz CT molecular complexity index is 1190. The van der Waals surface area contributed by atoms with Gasteiger partial charge in [-0.05, 0) is 43.4 Å². The first-order chi connectivity index (χ1) is 13.6. The molecule has 1 amide bonds. The van der Waals surface area contributed by atoms with Gasteiger partial charge in [0.15, 0.2) is 4.77 Å². The summed E-state index contributed by atoms with van der Waals surface area (Å²) >= 11 is 5.39. The molecule has 28 heavy (non-hydrogen) atoms. The molecule has 0 aliphatic rings. The molecule has 0 aliphatic carbocycles. The summed E-state index contributed by atoms with van der Waals surface area (Å²) < 4.78 is 4.39. The summed E-state index contributed by atoms with van der Waals surface area (Å²) in [6.45, 7) is 3.29. The fourth-order valence-electron chi connectivity index (χ4n) is 3.44. The van der Waals surface area contributed by atoms with E-state index in [0.29, 0.717) is 17.0 Å².